The molecule has 0 radical (unpaired) electrons. The highest BCUT2D eigenvalue weighted by Crippen LogP contribution is 1.92. The van der Waals surface area contributed by atoms with Crippen LogP contribution < -0.4 is 0 Å². The van der Waals surface area contributed by atoms with Crippen LogP contribution in [0, 0.1) is 0 Å². The Morgan fingerprint density at radius 3 is 2.90 bits per heavy atom. The van der Waals surface area contributed by atoms with E-state index in [1.807, 2.05) is 0 Å². The molecule has 0 spiro atoms. The van der Waals surface area contributed by atoms with Crippen molar-refractivity contribution in [2.45, 2.75) is 6.04 Å². The summed E-state index contributed by atoms with van der Waals surface area (Å²) in [7, 11) is 1.40. The monoisotopic (exact) mass is 163 g/mol. The van der Waals surface area contributed by atoms with E-state index in [4.69, 9.17) is 5.11 Å². The maximum absolute atomic E-state index is 10.2. The second-order valence-corrected chi connectivity index (χ2v) is 1.89. The minimum absolute atomic E-state index is 0.176. The summed E-state index contributed by atoms with van der Waals surface area (Å²) in [6.07, 6.45) is 1.09. The van der Waals surface area contributed by atoms with Gasteiger partial charge in [0.15, 0.2) is 12.4 Å². The molecule has 10 heavy (non-hydrogen) atoms. The Hall–Kier alpha value is -0.710. The number of hydrogen-bond donors (Lipinski definition) is 2. The van der Waals surface area contributed by atoms with Crippen molar-refractivity contribution in [2.24, 2.45) is 4.99 Å². The zero-order valence-electron chi connectivity index (χ0n) is 5.52. The summed E-state index contributed by atoms with van der Waals surface area (Å²) >= 11 is 3.78. The van der Waals surface area contributed by atoms with Gasteiger partial charge >= 0.3 is 5.97 Å². The Balaban J connectivity index is 3.83. The lowest BCUT2D eigenvalue weighted by molar-refractivity contribution is -0.137. The van der Waals surface area contributed by atoms with E-state index < -0.39 is 12.0 Å². The summed E-state index contributed by atoms with van der Waals surface area (Å²) in [5, 5.41) is 8.38. The van der Waals surface area contributed by atoms with Crippen molar-refractivity contribution in [3.63, 3.8) is 0 Å². The molecule has 58 valence electrons. The van der Waals surface area contributed by atoms with Gasteiger partial charge in [0.25, 0.3) is 0 Å². The first-order valence-corrected chi connectivity index (χ1v) is 3.23. The Morgan fingerprint density at radius 1 is 2.00 bits per heavy atom. The van der Waals surface area contributed by atoms with Gasteiger partial charge in [0, 0.05) is 5.75 Å². The number of rotatable bonds is 4. The van der Waals surface area contributed by atoms with Crippen molar-refractivity contribution in [3.8, 4) is 0 Å². The summed E-state index contributed by atoms with van der Waals surface area (Å²) in [6.45, 7) is 0. The zero-order valence-corrected chi connectivity index (χ0v) is 6.41. The van der Waals surface area contributed by atoms with Crippen LogP contribution in [0.25, 0.3) is 0 Å². The molecule has 0 heterocycles. The van der Waals surface area contributed by atoms with Crippen molar-refractivity contribution in [3.05, 3.63) is 0 Å². The SMILES string of the molecule is COC=NC(CS)C(=O)O. The highest BCUT2D eigenvalue weighted by Gasteiger charge is 2.11. The van der Waals surface area contributed by atoms with Crippen LogP contribution in [-0.4, -0.2) is 36.4 Å². The first-order chi connectivity index (χ1) is 4.72. The molecule has 0 fully saturated rings. The fourth-order valence-electron chi connectivity index (χ4n) is 0.323. The fraction of sp³-hybridized carbons (Fsp3) is 0.600. The maximum Gasteiger partial charge on any atom is 0.329 e. The van der Waals surface area contributed by atoms with Gasteiger partial charge in [0.1, 0.15) is 0 Å². The summed E-state index contributed by atoms with van der Waals surface area (Å²) in [5.74, 6) is -0.821. The van der Waals surface area contributed by atoms with Gasteiger partial charge in [-0.1, -0.05) is 0 Å². The highest BCUT2D eigenvalue weighted by atomic mass is 32.1. The molecule has 0 amide bonds. The Kier molecular flexibility index (Phi) is 4.74. The van der Waals surface area contributed by atoms with E-state index in [1.165, 1.54) is 7.11 Å². The molecule has 0 bridgehead atoms. The molecule has 0 rings (SSSR count). The minimum atomic E-state index is -0.997. The lowest BCUT2D eigenvalue weighted by Crippen LogP contribution is -2.19. The van der Waals surface area contributed by atoms with E-state index in [0.717, 1.165) is 6.40 Å². The molecule has 0 aromatic rings. The molecule has 0 aliphatic carbocycles. The summed E-state index contributed by atoms with van der Waals surface area (Å²) < 4.78 is 4.44. The lowest BCUT2D eigenvalue weighted by atomic mass is 10.4. The summed E-state index contributed by atoms with van der Waals surface area (Å²) in [6, 6.07) is -0.803. The second-order valence-electron chi connectivity index (χ2n) is 1.53. The third-order valence-electron chi connectivity index (χ3n) is 0.804. The van der Waals surface area contributed by atoms with Crippen LogP contribution in [0.5, 0.6) is 0 Å². The molecular weight excluding hydrogens is 154 g/mol. The second kappa shape index (κ2) is 5.10. The van der Waals surface area contributed by atoms with Gasteiger partial charge in [-0.25, -0.2) is 9.79 Å². The fourth-order valence-corrected chi connectivity index (χ4v) is 0.574. The quantitative estimate of drug-likeness (QED) is 0.349. The molecule has 1 N–H and O–H groups in total. The van der Waals surface area contributed by atoms with E-state index in [2.05, 4.69) is 22.4 Å². The van der Waals surface area contributed by atoms with Gasteiger partial charge in [0.05, 0.1) is 7.11 Å². The average Bonchev–Trinajstić information content (AvgIpc) is 1.89. The van der Waals surface area contributed by atoms with Crippen molar-refractivity contribution in [1.29, 1.82) is 0 Å². The number of carboxylic acids is 1. The van der Waals surface area contributed by atoms with Crippen molar-refractivity contribution >= 4 is 25.0 Å². The van der Waals surface area contributed by atoms with Crippen LogP contribution in [0.4, 0.5) is 0 Å². The Bertz CT molecular complexity index is 137. The smallest absolute Gasteiger partial charge is 0.329 e. The largest absolute Gasteiger partial charge is 0.487 e. The molecule has 0 saturated carbocycles. The number of hydrogen-bond acceptors (Lipinski definition) is 4. The first-order valence-electron chi connectivity index (χ1n) is 2.60. The number of carboxylic acid groups (broad SMARTS) is 1. The number of thiol groups is 1. The highest BCUT2D eigenvalue weighted by molar-refractivity contribution is 7.80. The molecule has 1 unspecified atom stereocenters. The summed E-state index contributed by atoms with van der Waals surface area (Å²) in [5.41, 5.74) is 0. The van der Waals surface area contributed by atoms with Gasteiger partial charge in [-0.3, -0.25) is 0 Å². The van der Waals surface area contributed by atoms with Gasteiger partial charge in [-0.15, -0.1) is 0 Å². The normalized spacial score (nSPS) is 13.4. The predicted octanol–water partition coefficient (Wildman–Crippen LogP) is 0.0441. The Morgan fingerprint density at radius 2 is 2.60 bits per heavy atom. The first kappa shape index (κ1) is 9.29. The van der Waals surface area contributed by atoms with E-state index in [9.17, 15) is 4.79 Å². The van der Waals surface area contributed by atoms with Crippen LogP contribution >= 0.6 is 12.6 Å². The van der Waals surface area contributed by atoms with Gasteiger partial charge in [0.2, 0.25) is 0 Å². The van der Waals surface area contributed by atoms with E-state index >= 15 is 0 Å². The van der Waals surface area contributed by atoms with Gasteiger partial charge in [-0.2, -0.15) is 12.6 Å². The van der Waals surface area contributed by atoms with E-state index in [1.54, 1.807) is 0 Å². The molecule has 0 aliphatic heterocycles. The topological polar surface area (TPSA) is 58.9 Å². The van der Waals surface area contributed by atoms with Gasteiger partial charge < -0.3 is 9.84 Å². The number of aliphatic carboxylic acids is 1. The minimum Gasteiger partial charge on any atom is -0.487 e. The molecular formula is C5H9NO3S. The Labute approximate surface area is 64.3 Å². The predicted molar refractivity (Wildman–Crippen MR) is 40.8 cm³/mol. The lowest BCUT2D eigenvalue weighted by Gasteiger charge is -1.99. The standard InChI is InChI=1S/C5H9NO3S/c1-9-3-6-4(2-10)5(7)8/h3-4,10H,2H2,1H3,(H,7,8). The van der Waals surface area contributed by atoms with E-state index in [0.29, 0.717) is 0 Å². The third kappa shape index (κ3) is 3.34. The number of aliphatic imine (C=N–C) groups is 1. The number of ether oxygens (including phenoxy) is 1. The molecule has 0 aromatic heterocycles. The molecule has 5 heteroatoms. The molecule has 0 aromatic carbocycles. The molecule has 0 saturated heterocycles. The summed E-state index contributed by atoms with van der Waals surface area (Å²) in [4.78, 5) is 13.8. The molecule has 1 atom stereocenters. The number of nitrogens with zero attached hydrogens (tertiary/aromatic N) is 1. The van der Waals surface area contributed by atoms with Crippen LogP contribution in [0.3, 0.4) is 0 Å². The molecule has 4 nitrogen and oxygen atoms in total. The van der Waals surface area contributed by atoms with Crippen LogP contribution in [0.2, 0.25) is 0 Å². The zero-order chi connectivity index (χ0) is 7.98. The van der Waals surface area contributed by atoms with Crippen LogP contribution in [-0.2, 0) is 9.53 Å². The van der Waals surface area contributed by atoms with Gasteiger partial charge in [-0.05, 0) is 0 Å². The average molecular weight is 163 g/mol. The van der Waals surface area contributed by atoms with Crippen molar-refractivity contribution in [1.82, 2.24) is 0 Å². The number of carbonyl (C=O) groups is 1. The van der Waals surface area contributed by atoms with Crippen molar-refractivity contribution < 1.29 is 14.6 Å². The van der Waals surface area contributed by atoms with Crippen LogP contribution in [0.1, 0.15) is 0 Å². The maximum atomic E-state index is 10.2. The van der Waals surface area contributed by atoms with Crippen molar-refractivity contribution in [2.75, 3.05) is 12.9 Å². The number of methoxy groups -OCH3 is 1. The van der Waals surface area contributed by atoms with Crippen LogP contribution in [0.15, 0.2) is 4.99 Å². The van der Waals surface area contributed by atoms with E-state index in [-0.39, 0.29) is 5.75 Å². The third-order valence-corrected chi connectivity index (χ3v) is 1.15. The molecule has 0 aliphatic rings.